The van der Waals surface area contributed by atoms with E-state index in [-0.39, 0.29) is 0 Å². The van der Waals surface area contributed by atoms with Gasteiger partial charge in [-0.1, -0.05) is 22.9 Å². The molecule has 0 aliphatic carbocycles. The lowest BCUT2D eigenvalue weighted by Gasteiger charge is -2.37. The van der Waals surface area contributed by atoms with E-state index < -0.39 is 0 Å². The molecule has 1 rings (SSSR count). The van der Waals surface area contributed by atoms with Crippen LogP contribution in [-0.2, 0) is 0 Å². The van der Waals surface area contributed by atoms with Gasteiger partial charge in [-0.15, -0.1) is 0 Å². The molecule has 1 heterocycles. The zero-order chi connectivity index (χ0) is 5.33. The van der Waals surface area contributed by atoms with Gasteiger partial charge in [-0.3, -0.25) is 0 Å². The second-order valence-electron chi connectivity index (χ2n) is 2.55. The van der Waals surface area contributed by atoms with Crippen molar-refractivity contribution in [1.82, 2.24) is 5.32 Å². The molecular formula is C5H10BrN. The van der Waals surface area contributed by atoms with Gasteiger partial charge in [0.1, 0.15) is 0 Å². The monoisotopic (exact) mass is 163 g/mol. The highest BCUT2D eigenvalue weighted by Gasteiger charge is 2.29. The van der Waals surface area contributed by atoms with Crippen LogP contribution in [0.5, 0.6) is 0 Å². The van der Waals surface area contributed by atoms with Crippen LogP contribution in [0, 0.1) is 5.41 Å². The maximum Gasteiger partial charge on any atom is 0.0110 e. The normalized spacial score (nSPS) is 26.6. The highest BCUT2D eigenvalue weighted by molar-refractivity contribution is 9.09. The van der Waals surface area contributed by atoms with Crippen LogP contribution in [0.3, 0.4) is 0 Å². The fourth-order valence-electron chi connectivity index (χ4n) is 0.646. The molecule has 1 saturated heterocycles. The Kier molecular flexibility index (Phi) is 1.39. The van der Waals surface area contributed by atoms with Crippen molar-refractivity contribution < 1.29 is 0 Å². The Labute approximate surface area is 52.6 Å². The first-order chi connectivity index (χ1) is 3.27. The predicted molar refractivity (Wildman–Crippen MR) is 34.8 cm³/mol. The SMILES string of the molecule is CC1(CBr)CNC1. The Morgan fingerprint density at radius 1 is 1.71 bits per heavy atom. The molecule has 0 atom stereocenters. The highest BCUT2D eigenvalue weighted by Crippen LogP contribution is 2.22. The molecule has 0 radical (unpaired) electrons. The lowest BCUT2D eigenvalue weighted by molar-refractivity contribution is 0.235. The molecule has 0 amide bonds. The minimum atomic E-state index is 0.569. The Bertz CT molecular complexity index is 63.0. The summed E-state index contributed by atoms with van der Waals surface area (Å²) in [6, 6.07) is 0. The minimum Gasteiger partial charge on any atom is -0.315 e. The van der Waals surface area contributed by atoms with Crippen LogP contribution in [0.4, 0.5) is 0 Å². The number of hydrogen-bond acceptors (Lipinski definition) is 1. The first kappa shape index (κ1) is 5.57. The van der Waals surface area contributed by atoms with Gasteiger partial charge in [-0.25, -0.2) is 0 Å². The fourth-order valence-corrected chi connectivity index (χ4v) is 1.04. The summed E-state index contributed by atoms with van der Waals surface area (Å²) >= 11 is 3.44. The Hall–Kier alpha value is 0.440. The molecule has 1 fully saturated rings. The van der Waals surface area contributed by atoms with Crippen LogP contribution >= 0.6 is 15.9 Å². The topological polar surface area (TPSA) is 12.0 Å². The summed E-state index contributed by atoms with van der Waals surface area (Å²) in [6.45, 7) is 4.63. The first-order valence-corrected chi connectivity index (χ1v) is 3.66. The van der Waals surface area contributed by atoms with Crippen LogP contribution in [-0.4, -0.2) is 18.4 Å². The van der Waals surface area contributed by atoms with E-state index in [1.165, 1.54) is 13.1 Å². The van der Waals surface area contributed by atoms with Crippen molar-refractivity contribution in [3.63, 3.8) is 0 Å². The van der Waals surface area contributed by atoms with E-state index >= 15 is 0 Å². The van der Waals surface area contributed by atoms with Crippen LogP contribution in [0.15, 0.2) is 0 Å². The van der Waals surface area contributed by atoms with Gasteiger partial charge in [-0.05, 0) is 0 Å². The van der Waals surface area contributed by atoms with Crippen LogP contribution in [0.25, 0.3) is 0 Å². The molecule has 0 aromatic carbocycles. The summed E-state index contributed by atoms with van der Waals surface area (Å²) in [6.07, 6.45) is 0. The highest BCUT2D eigenvalue weighted by atomic mass is 79.9. The maximum atomic E-state index is 3.44. The standard InChI is InChI=1S/C5H10BrN/c1-5(2-6)3-7-4-5/h7H,2-4H2,1H3. The average molecular weight is 164 g/mol. The van der Waals surface area contributed by atoms with Crippen molar-refractivity contribution in [3.05, 3.63) is 0 Å². The smallest absolute Gasteiger partial charge is 0.0110 e. The Morgan fingerprint density at radius 3 is 2.29 bits per heavy atom. The van der Waals surface area contributed by atoms with Crippen LogP contribution < -0.4 is 5.32 Å². The fraction of sp³-hybridized carbons (Fsp3) is 1.00. The van der Waals surface area contributed by atoms with Gasteiger partial charge in [0, 0.05) is 23.8 Å². The zero-order valence-corrected chi connectivity index (χ0v) is 6.09. The van der Waals surface area contributed by atoms with E-state index in [0.717, 1.165) is 5.33 Å². The minimum absolute atomic E-state index is 0.569. The zero-order valence-electron chi connectivity index (χ0n) is 4.50. The summed E-state index contributed by atoms with van der Waals surface area (Å²) in [4.78, 5) is 0. The van der Waals surface area contributed by atoms with E-state index in [4.69, 9.17) is 0 Å². The second-order valence-corrected chi connectivity index (χ2v) is 3.11. The molecule has 2 heteroatoms. The van der Waals surface area contributed by atoms with E-state index in [9.17, 15) is 0 Å². The molecule has 1 nitrogen and oxygen atoms in total. The lowest BCUT2D eigenvalue weighted by Crippen LogP contribution is -2.52. The van der Waals surface area contributed by atoms with E-state index in [1.807, 2.05) is 0 Å². The predicted octanol–water partition coefficient (Wildman–Crippen LogP) is 0.991. The van der Waals surface area contributed by atoms with Gasteiger partial charge < -0.3 is 5.32 Å². The molecule has 0 unspecified atom stereocenters. The molecule has 7 heavy (non-hydrogen) atoms. The van der Waals surface area contributed by atoms with Crippen LogP contribution in [0.1, 0.15) is 6.92 Å². The first-order valence-electron chi connectivity index (χ1n) is 2.54. The third-order valence-electron chi connectivity index (χ3n) is 1.43. The van der Waals surface area contributed by atoms with Gasteiger partial charge in [0.05, 0.1) is 0 Å². The molecule has 0 spiro atoms. The van der Waals surface area contributed by atoms with Crippen molar-refractivity contribution in [2.24, 2.45) is 5.41 Å². The second kappa shape index (κ2) is 1.75. The summed E-state index contributed by atoms with van der Waals surface area (Å²) in [5, 5.41) is 4.35. The summed E-state index contributed by atoms with van der Waals surface area (Å²) < 4.78 is 0. The number of alkyl halides is 1. The molecule has 0 aromatic rings. The van der Waals surface area contributed by atoms with Crippen molar-refractivity contribution in [2.45, 2.75) is 6.92 Å². The van der Waals surface area contributed by atoms with Gasteiger partial charge in [0.2, 0.25) is 0 Å². The Balaban J connectivity index is 2.29. The molecule has 0 aromatic heterocycles. The largest absolute Gasteiger partial charge is 0.315 e. The summed E-state index contributed by atoms with van der Waals surface area (Å²) in [5.74, 6) is 0. The quantitative estimate of drug-likeness (QED) is 0.570. The van der Waals surface area contributed by atoms with Crippen molar-refractivity contribution >= 4 is 15.9 Å². The van der Waals surface area contributed by atoms with Gasteiger partial charge in [0.25, 0.3) is 0 Å². The summed E-state index contributed by atoms with van der Waals surface area (Å²) in [5.41, 5.74) is 0.569. The third kappa shape index (κ3) is 0.970. The van der Waals surface area contributed by atoms with Crippen molar-refractivity contribution in [2.75, 3.05) is 18.4 Å². The van der Waals surface area contributed by atoms with Crippen molar-refractivity contribution in [3.8, 4) is 0 Å². The molecule has 1 aliphatic heterocycles. The van der Waals surface area contributed by atoms with Gasteiger partial charge in [-0.2, -0.15) is 0 Å². The lowest BCUT2D eigenvalue weighted by atomic mass is 9.87. The third-order valence-corrected chi connectivity index (χ3v) is 2.78. The molecule has 42 valence electrons. The summed E-state index contributed by atoms with van der Waals surface area (Å²) in [7, 11) is 0. The van der Waals surface area contributed by atoms with E-state index in [0.29, 0.717) is 5.41 Å². The maximum absolute atomic E-state index is 3.44. The number of rotatable bonds is 1. The number of halogens is 1. The molecule has 1 aliphatic rings. The number of hydrogen-bond donors (Lipinski definition) is 1. The van der Waals surface area contributed by atoms with Crippen LogP contribution in [0.2, 0.25) is 0 Å². The van der Waals surface area contributed by atoms with E-state index in [1.54, 1.807) is 0 Å². The van der Waals surface area contributed by atoms with Gasteiger partial charge in [0.15, 0.2) is 0 Å². The van der Waals surface area contributed by atoms with Crippen molar-refractivity contribution in [1.29, 1.82) is 0 Å². The Morgan fingerprint density at radius 2 is 2.29 bits per heavy atom. The molecule has 1 N–H and O–H groups in total. The molecule has 0 bridgehead atoms. The number of nitrogens with one attached hydrogen (secondary N) is 1. The molecular weight excluding hydrogens is 154 g/mol. The average Bonchev–Trinajstić information content (AvgIpc) is 1.61. The van der Waals surface area contributed by atoms with Gasteiger partial charge >= 0.3 is 0 Å². The molecule has 0 saturated carbocycles. The van der Waals surface area contributed by atoms with E-state index in [2.05, 4.69) is 28.2 Å².